The van der Waals surface area contributed by atoms with E-state index in [-0.39, 0.29) is 11.8 Å². The average Bonchev–Trinajstić information content (AvgIpc) is 2.83. The van der Waals surface area contributed by atoms with E-state index in [1.807, 2.05) is 19.1 Å². The van der Waals surface area contributed by atoms with Crippen LogP contribution < -0.4 is 0 Å². The normalized spacial score (nSPS) is 19.0. The van der Waals surface area contributed by atoms with Gasteiger partial charge in [-0.2, -0.15) is 0 Å². The predicted molar refractivity (Wildman–Crippen MR) is 79.7 cm³/mol. The smallest absolute Gasteiger partial charge is 0.313 e. The van der Waals surface area contributed by atoms with E-state index < -0.39 is 5.97 Å². The lowest BCUT2D eigenvalue weighted by Crippen LogP contribution is -2.22. The Bertz CT molecular complexity index is 665. The van der Waals surface area contributed by atoms with Gasteiger partial charge in [0.2, 0.25) is 0 Å². The standard InChI is InChI=1S/C14H17N3O3S/c1-9-4-5-11-13(15-9)17(10-3-2-6-20-7-10)14(16-11)21-8-12(18)19/h4-5,10H,2-3,6-8H2,1H3,(H,18,19). The summed E-state index contributed by atoms with van der Waals surface area (Å²) in [5.74, 6) is -0.849. The van der Waals surface area contributed by atoms with Gasteiger partial charge in [0.15, 0.2) is 10.8 Å². The maximum absolute atomic E-state index is 10.8. The first kappa shape index (κ1) is 14.3. The van der Waals surface area contributed by atoms with Crippen LogP contribution >= 0.6 is 11.8 Å². The zero-order valence-electron chi connectivity index (χ0n) is 11.8. The second kappa shape index (κ2) is 6.03. The summed E-state index contributed by atoms with van der Waals surface area (Å²) in [6.07, 6.45) is 2.00. The predicted octanol–water partition coefficient (Wildman–Crippen LogP) is 2.27. The number of ether oxygens (including phenoxy) is 1. The highest BCUT2D eigenvalue weighted by molar-refractivity contribution is 7.99. The van der Waals surface area contributed by atoms with Crippen LogP contribution in [0.25, 0.3) is 11.2 Å². The molecule has 1 unspecified atom stereocenters. The van der Waals surface area contributed by atoms with Gasteiger partial charge < -0.3 is 9.84 Å². The van der Waals surface area contributed by atoms with Gasteiger partial charge in [0.05, 0.1) is 18.4 Å². The summed E-state index contributed by atoms with van der Waals surface area (Å²) in [6, 6.07) is 4.03. The number of carboxylic acid groups (broad SMARTS) is 1. The van der Waals surface area contributed by atoms with Crippen LogP contribution in [0, 0.1) is 6.92 Å². The average molecular weight is 307 g/mol. The van der Waals surface area contributed by atoms with E-state index in [1.165, 1.54) is 11.8 Å². The molecule has 1 aliphatic rings. The number of nitrogens with zero attached hydrogens (tertiary/aromatic N) is 3. The molecule has 2 aromatic heterocycles. The van der Waals surface area contributed by atoms with Crippen LogP contribution in [0.1, 0.15) is 24.6 Å². The molecule has 3 rings (SSSR count). The number of aryl methyl sites for hydroxylation is 1. The van der Waals surface area contributed by atoms with E-state index in [9.17, 15) is 4.79 Å². The molecule has 7 heteroatoms. The Morgan fingerprint density at radius 3 is 3.10 bits per heavy atom. The molecule has 0 aliphatic carbocycles. The molecule has 0 bridgehead atoms. The van der Waals surface area contributed by atoms with Crippen molar-refractivity contribution in [2.75, 3.05) is 19.0 Å². The van der Waals surface area contributed by atoms with Gasteiger partial charge in [-0.25, -0.2) is 9.97 Å². The Balaban J connectivity index is 2.04. The lowest BCUT2D eigenvalue weighted by atomic mass is 10.1. The zero-order valence-corrected chi connectivity index (χ0v) is 12.6. The SMILES string of the molecule is Cc1ccc2nc(SCC(=O)O)n(C3CCCOC3)c2n1. The van der Waals surface area contributed by atoms with Crippen molar-refractivity contribution in [1.29, 1.82) is 0 Å². The number of rotatable bonds is 4. The van der Waals surface area contributed by atoms with E-state index >= 15 is 0 Å². The molecule has 21 heavy (non-hydrogen) atoms. The molecule has 1 atom stereocenters. The molecule has 0 amide bonds. The van der Waals surface area contributed by atoms with Crippen LogP contribution in [0.4, 0.5) is 0 Å². The van der Waals surface area contributed by atoms with Gasteiger partial charge in [-0.1, -0.05) is 11.8 Å². The van der Waals surface area contributed by atoms with Crippen molar-refractivity contribution in [2.24, 2.45) is 0 Å². The van der Waals surface area contributed by atoms with Gasteiger partial charge in [-0.15, -0.1) is 0 Å². The summed E-state index contributed by atoms with van der Waals surface area (Å²) in [6.45, 7) is 3.35. The number of carboxylic acids is 1. The van der Waals surface area contributed by atoms with Crippen molar-refractivity contribution >= 4 is 28.9 Å². The molecule has 3 heterocycles. The molecule has 2 aromatic rings. The second-order valence-corrected chi connectivity index (χ2v) is 6.06. The molecular weight excluding hydrogens is 290 g/mol. The Kier molecular flexibility index (Phi) is 4.12. The lowest BCUT2D eigenvalue weighted by Gasteiger charge is -2.25. The molecule has 6 nitrogen and oxygen atoms in total. The van der Waals surface area contributed by atoms with Gasteiger partial charge in [-0.05, 0) is 31.9 Å². The third-order valence-corrected chi connectivity index (χ3v) is 4.41. The van der Waals surface area contributed by atoms with Crippen molar-refractivity contribution in [3.63, 3.8) is 0 Å². The number of aliphatic carboxylic acids is 1. The Hall–Kier alpha value is -1.60. The molecule has 1 N–H and O–H groups in total. The highest BCUT2D eigenvalue weighted by Gasteiger charge is 2.23. The maximum atomic E-state index is 10.8. The van der Waals surface area contributed by atoms with Gasteiger partial charge in [0.1, 0.15) is 5.52 Å². The molecule has 0 aromatic carbocycles. The number of pyridine rings is 1. The van der Waals surface area contributed by atoms with Crippen molar-refractivity contribution in [1.82, 2.24) is 14.5 Å². The van der Waals surface area contributed by atoms with Gasteiger partial charge in [0.25, 0.3) is 0 Å². The van der Waals surface area contributed by atoms with Crippen LogP contribution in [0.3, 0.4) is 0 Å². The Morgan fingerprint density at radius 2 is 2.38 bits per heavy atom. The topological polar surface area (TPSA) is 77.2 Å². The quantitative estimate of drug-likeness (QED) is 0.873. The van der Waals surface area contributed by atoms with Crippen LogP contribution in [0.2, 0.25) is 0 Å². The molecule has 1 saturated heterocycles. The fourth-order valence-electron chi connectivity index (χ4n) is 2.53. The lowest BCUT2D eigenvalue weighted by molar-refractivity contribution is -0.133. The number of carbonyl (C=O) groups is 1. The highest BCUT2D eigenvalue weighted by Crippen LogP contribution is 2.30. The third kappa shape index (κ3) is 3.03. The monoisotopic (exact) mass is 307 g/mol. The number of hydrogen-bond donors (Lipinski definition) is 1. The molecule has 0 saturated carbocycles. The van der Waals surface area contributed by atoms with Crippen LogP contribution in [-0.2, 0) is 9.53 Å². The van der Waals surface area contributed by atoms with E-state index in [0.717, 1.165) is 36.3 Å². The minimum Gasteiger partial charge on any atom is -0.481 e. The highest BCUT2D eigenvalue weighted by atomic mass is 32.2. The fourth-order valence-corrected chi connectivity index (χ4v) is 3.32. The van der Waals surface area contributed by atoms with Crippen LogP contribution in [0.15, 0.2) is 17.3 Å². The first-order valence-electron chi connectivity index (χ1n) is 6.93. The van der Waals surface area contributed by atoms with Crippen LogP contribution in [-0.4, -0.2) is 44.6 Å². The third-order valence-electron chi connectivity index (χ3n) is 3.47. The van der Waals surface area contributed by atoms with Crippen molar-refractivity contribution in [3.05, 3.63) is 17.8 Å². The van der Waals surface area contributed by atoms with Gasteiger partial charge in [0, 0.05) is 12.3 Å². The molecular formula is C14H17N3O3S. The summed E-state index contributed by atoms with van der Waals surface area (Å²) in [4.78, 5) is 20.0. The van der Waals surface area contributed by atoms with E-state index in [4.69, 9.17) is 9.84 Å². The summed E-state index contributed by atoms with van der Waals surface area (Å²) < 4.78 is 7.61. The van der Waals surface area contributed by atoms with E-state index in [1.54, 1.807) is 0 Å². The number of thioether (sulfide) groups is 1. The first-order valence-corrected chi connectivity index (χ1v) is 7.91. The fraction of sp³-hybridized carbons (Fsp3) is 0.500. The summed E-state index contributed by atoms with van der Waals surface area (Å²) in [5, 5.41) is 9.61. The van der Waals surface area contributed by atoms with Crippen molar-refractivity contribution < 1.29 is 14.6 Å². The molecule has 1 aliphatic heterocycles. The first-order chi connectivity index (χ1) is 10.1. The number of aromatic nitrogens is 3. The van der Waals surface area contributed by atoms with Gasteiger partial charge >= 0.3 is 5.97 Å². The van der Waals surface area contributed by atoms with E-state index in [2.05, 4.69) is 14.5 Å². The molecule has 0 radical (unpaired) electrons. The second-order valence-electron chi connectivity index (χ2n) is 5.11. The maximum Gasteiger partial charge on any atom is 0.313 e. The van der Waals surface area contributed by atoms with Crippen molar-refractivity contribution in [3.8, 4) is 0 Å². The summed E-state index contributed by atoms with van der Waals surface area (Å²) >= 11 is 1.24. The number of imidazole rings is 1. The minimum atomic E-state index is -0.845. The Labute approximate surface area is 126 Å². The van der Waals surface area contributed by atoms with Crippen molar-refractivity contribution in [2.45, 2.75) is 31.0 Å². The zero-order chi connectivity index (χ0) is 14.8. The largest absolute Gasteiger partial charge is 0.481 e. The molecule has 0 spiro atoms. The Morgan fingerprint density at radius 1 is 1.52 bits per heavy atom. The summed E-state index contributed by atoms with van der Waals surface area (Å²) in [5.41, 5.74) is 2.55. The number of fused-ring (bicyclic) bond motifs is 1. The van der Waals surface area contributed by atoms with Crippen LogP contribution in [0.5, 0.6) is 0 Å². The molecule has 112 valence electrons. The minimum absolute atomic E-state index is 0.00409. The molecule has 1 fully saturated rings. The van der Waals surface area contributed by atoms with E-state index in [0.29, 0.717) is 11.8 Å². The van der Waals surface area contributed by atoms with Gasteiger partial charge in [-0.3, -0.25) is 9.36 Å². The summed E-state index contributed by atoms with van der Waals surface area (Å²) in [7, 11) is 0. The number of hydrogen-bond acceptors (Lipinski definition) is 5.